The summed E-state index contributed by atoms with van der Waals surface area (Å²) in [4.78, 5) is 47.4. The van der Waals surface area contributed by atoms with Gasteiger partial charge in [0.2, 0.25) is 5.91 Å². The first-order valence-electron chi connectivity index (χ1n) is 16.2. The number of benzene rings is 5. The summed E-state index contributed by atoms with van der Waals surface area (Å²) in [6.45, 7) is 2.43. The van der Waals surface area contributed by atoms with E-state index in [-0.39, 0.29) is 19.6 Å². The molecule has 1 saturated heterocycles. The van der Waals surface area contributed by atoms with Crippen LogP contribution in [0.5, 0.6) is 0 Å². The fourth-order valence-corrected chi connectivity index (χ4v) is 6.50. The molecule has 1 N–H and O–H groups in total. The average molecular weight is 638 g/mol. The predicted octanol–water partition coefficient (Wildman–Crippen LogP) is 7.27. The SMILES string of the molecule is Cc1ccc(CC(c2ccccc2)N(Cc2ccccc2)C(=O)C2C(C(=O)O)N(Cc3ccccc3)C(=O)N2Cc2ccccc2)cc1. The molecule has 0 bridgehead atoms. The number of hydrogen-bond donors (Lipinski definition) is 1. The normalized spacial score (nSPS) is 16.5. The van der Waals surface area contributed by atoms with Crippen molar-refractivity contribution in [3.8, 4) is 0 Å². The van der Waals surface area contributed by atoms with E-state index in [1.165, 1.54) is 9.80 Å². The van der Waals surface area contributed by atoms with E-state index in [1.54, 1.807) is 4.90 Å². The molecule has 0 spiro atoms. The summed E-state index contributed by atoms with van der Waals surface area (Å²) in [5.41, 5.74) is 5.60. The zero-order valence-corrected chi connectivity index (χ0v) is 26.9. The molecule has 0 radical (unpaired) electrons. The largest absolute Gasteiger partial charge is 0.480 e. The number of urea groups is 1. The Morgan fingerprint density at radius 2 is 1.08 bits per heavy atom. The summed E-state index contributed by atoms with van der Waals surface area (Å²) in [5, 5.41) is 10.8. The molecule has 0 aliphatic carbocycles. The first-order valence-corrected chi connectivity index (χ1v) is 16.2. The molecule has 3 amide bonds. The van der Waals surface area contributed by atoms with Crippen molar-refractivity contribution in [2.24, 2.45) is 0 Å². The van der Waals surface area contributed by atoms with Crippen LogP contribution in [0, 0.1) is 6.92 Å². The molecule has 48 heavy (non-hydrogen) atoms. The number of carbonyl (C=O) groups excluding carboxylic acids is 2. The lowest BCUT2D eigenvalue weighted by Gasteiger charge is -2.37. The van der Waals surface area contributed by atoms with Gasteiger partial charge in [0.25, 0.3) is 0 Å². The molecule has 3 unspecified atom stereocenters. The Kier molecular flexibility index (Phi) is 9.96. The fourth-order valence-electron chi connectivity index (χ4n) is 6.50. The smallest absolute Gasteiger partial charge is 0.329 e. The molecule has 1 aliphatic rings. The molecular weight excluding hydrogens is 598 g/mol. The van der Waals surface area contributed by atoms with E-state index in [0.29, 0.717) is 6.42 Å². The van der Waals surface area contributed by atoms with Gasteiger partial charge in [0.15, 0.2) is 6.04 Å². The lowest BCUT2D eigenvalue weighted by Crippen LogP contribution is -2.54. The number of hydrogen-bond acceptors (Lipinski definition) is 3. The summed E-state index contributed by atoms with van der Waals surface area (Å²) in [6, 6.07) is 42.9. The summed E-state index contributed by atoms with van der Waals surface area (Å²) in [5.74, 6) is -1.63. The first kappa shape index (κ1) is 32.3. The molecule has 0 saturated carbocycles. The van der Waals surface area contributed by atoms with E-state index in [9.17, 15) is 14.7 Å². The first-order chi connectivity index (χ1) is 23.4. The Labute approximate surface area is 281 Å². The maximum Gasteiger partial charge on any atom is 0.329 e. The quantitative estimate of drug-likeness (QED) is 0.156. The zero-order valence-electron chi connectivity index (χ0n) is 26.9. The van der Waals surface area contributed by atoms with Crippen molar-refractivity contribution < 1.29 is 19.5 Å². The Morgan fingerprint density at radius 1 is 0.625 bits per heavy atom. The Balaban J connectivity index is 1.47. The number of carboxylic acids is 1. The Morgan fingerprint density at radius 3 is 1.58 bits per heavy atom. The number of carboxylic acid groups (broad SMARTS) is 1. The molecular formula is C41H39N3O4. The second kappa shape index (κ2) is 14.8. The molecule has 7 heteroatoms. The van der Waals surface area contributed by atoms with Crippen molar-refractivity contribution in [1.29, 1.82) is 0 Å². The van der Waals surface area contributed by atoms with Gasteiger partial charge in [-0.1, -0.05) is 151 Å². The third-order valence-corrected chi connectivity index (χ3v) is 8.95. The summed E-state index contributed by atoms with van der Waals surface area (Å²) in [6.07, 6.45) is 0.508. The molecule has 242 valence electrons. The van der Waals surface area contributed by atoms with Gasteiger partial charge >= 0.3 is 12.0 Å². The Hall–Kier alpha value is -5.69. The molecule has 5 aromatic rings. The lowest BCUT2D eigenvalue weighted by atomic mass is 9.94. The van der Waals surface area contributed by atoms with Crippen LogP contribution in [-0.2, 0) is 35.6 Å². The van der Waals surface area contributed by atoms with E-state index in [4.69, 9.17) is 0 Å². The number of carbonyl (C=O) groups is 3. The lowest BCUT2D eigenvalue weighted by molar-refractivity contribution is -0.149. The summed E-state index contributed by atoms with van der Waals surface area (Å²) >= 11 is 0. The number of rotatable bonds is 12. The third-order valence-electron chi connectivity index (χ3n) is 8.95. The highest BCUT2D eigenvalue weighted by atomic mass is 16.4. The van der Waals surface area contributed by atoms with Crippen molar-refractivity contribution in [2.75, 3.05) is 0 Å². The molecule has 3 atom stereocenters. The van der Waals surface area contributed by atoms with Gasteiger partial charge in [0, 0.05) is 19.6 Å². The highest BCUT2D eigenvalue weighted by Gasteiger charge is 2.54. The van der Waals surface area contributed by atoms with E-state index in [1.807, 2.05) is 128 Å². The van der Waals surface area contributed by atoms with E-state index >= 15 is 4.79 Å². The van der Waals surface area contributed by atoms with Gasteiger partial charge in [-0.05, 0) is 41.2 Å². The average Bonchev–Trinajstić information content (AvgIpc) is 3.38. The third kappa shape index (κ3) is 7.31. The van der Waals surface area contributed by atoms with Crippen LogP contribution in [0.2, 0.25) is 0 Å². The van der Waals surface area contributed by atoms with Crippen molar-refractivity contribution in [2.45, 2.75) is 51.1 Å². The van der Waals surface area contributed by atoms with Gasteiger partial charge in [-0.3, -0.25) is 4.79 Å². The number of amides is 3. The minimum atomic E-state index is -1.40. The van der Waals surface area contributed by atoms with Crippen molar-refractivity contribution in [3.05, 3.63) is 179 Å². The zero-order chi connectivity index (χ0) is 33.5. The van der Waals surface area contributed by atoms with Gasteiger partial charge in [-0.15, -0.1) is 0 Å². The fraction of sp³-hybridized carbons (Fsp3) is 0.195. The number of nitrogens with zero attached hydrogens (tertiary/aromatic N) is 3. The molecule has 0 aromatic heterocycles. The predicted molar refractivity (Wildman–Crippen MR) is 186 cm³/mol. The van der Waals surface area contributed by atoms with Crippen LogP contribution in [-0.4, -0.2) is 49.8 Å². The second-order valence-electron chi connectivity index (χ2n) is 12.3. The molecule has 6 rings (SSSR count). The second-order valence-corrected chi connectivity index (χ2v) is 12.3. The molecule has 1 fully saturated rings. The monoisotopic (exact) mass is 637 g/mol. The van der Waals surface area contributed by atoms with Crippen LogP contribution in [0.3, 0.4) is 0 Å². The van der Waals surface area contributed by atoms with E-state index in [0.717, 1.165) is 33.4 Å². The van der Waals surface area contributed by atoms with E-state index < -0.39 is 36.0 Å². The molecule has 1 aliphatic heterocycles. The maximum absolute atomic E-state index is 15.3. The molecule has 7 nitrogen and oxygen atoms in total. The van der Waals surface area contributed by atoms with Crippen LogP contribution in [0.25, 0.3) is 0 Å². The van der Waals surface area contributed by atoms with Crippen LogP contribution >= 0.6 is 0 Å². The minimum absolute atomic E-state index is 0.0654. The summed E-state index contributed by atoms with van der Waals surface area (Å²) < 4.78 is 0. The maximum atomic E-state index is 15.3. The van der Waals surface area contributed by atoms with Crippen LogP contribution in [0.15, 0.2) is 146 Å². The highest BCUT2D eigenvalue weighted by molar-refractivity contribution is 5.98. The standard InChI is InChI=1S/C41H39N3O4/c1-30-22-24-31(25-23-30)26-36(35-20-12-5-13-21-35)42(27-32-14-6-2-7-15-32)39(45)37-38(40(46)47)44(29-34-18-10-4-11-19-34)41(48)43(37)28-33-16-8-3-9-17-33/h2-25,36-38H,26-29H2,1H3,(H,46,47). The molecule has 5 aromatic carbocycles. The number of aryl methyl sites for hydroxylation is 1. The molecule has 1 heterocycles. The van der Waals surface area contributed by atoms with Crippen molar-refractivity contribution >= 4 is 17.9 Å². The Bertz CT molecular complexity index is 1820. The minimum Gasteiger partial charge on any atom is -0.480 e. The van der Waals surface area contributed by atoms with Crippen LogP contribution in [0.4, 0.5) is 4.79 Å². The summed E-state index contributed by atoms with van der Waals surface area (Å²) in [7, 11) is 0. The van der Waals surface area contributed by atoms with Gasteiger partial charge < -0.3 is 19.8 Å². The topological polar surface area (TPSA) is 81.2 Å². The van der Waals surface area contributed by atoms with Crippen molar-refractivity contribution in [1.82, 2.24) is 14.7 Å². The number of aliphatic carboxylic acids is 1. The van der Waals surface area contributed by atoms with Gasteiger partial charge in [0.05, 0.1) is 6.04 Å². The van der Waals surface area contributed by atoms with Crippen LogP contribution < -0.4 is 0 Å². The van der Waals surface area contributed by atoms with Gasteiger partial charge in [-0.2, -0.15) is 0 Å². The van der Waals surface area contributed by atoms with Crippen LogP contribution in [0.1, 0.15) is 39.4 Å². The van der Waals surface area contributed by atoms with Crippen molar-refractivity contribution in [3.63, 3.8) is 0 Å². The van der Waals surface area contributed by atoms with Gasteiger partial charge in [-0.25, -0.2) is 9.59 Å². The van der Waals surface area contributed by atoms with E-state index in [2.05, 4.69) is 24.3 Å². The van der Waals surface area contributed by atoms with Gasteiger partial charge in [0.1, 0.15) is 6.04 Å². The highest BCUT2D eigenvalue weighted by Crippen LogP contribution is 2.34.